The quantitative estimate of drug-likeness (QED) is 0.522. The molecule has 0 aromatic heterocycles. The molecule has 2 aromatic rings. The lowest BCUT2D eigenvalue weighted by atomic mass is 9.95. The molecule has 0 aliphatic rings. The van der Waals surface area contributed by atoms with Gasteiger partial charge in [0.15, 0.2) is 6.10 Å². The van der Waals surface area contributed by atoms with Gasteiger partial charge in [-0.25, -0.2) is 4.79 Å². The number of Topliss-reactive ketones (excluding diaryl/α,β-unsaturated/α-hetero) is 1. The normalized spacial score (nSPS) is 12.9. The number of nitrogens with one attached hydrogen (secondary N) is 2. The molecule has 2 rings (SSSR count). The van der Waals surface area contributed by atoms with Crippen molar-refractivity contribution in [3.63, 3.8) is 0 Å². The van der Waals surface area contributed by atoms with Crippen LogP contribution in [-0.2, 0) is 14.3 Å². The summed E-state index contributed by atoms with van der Waals surface area (Å²) in [7, 11) is 0. The number of ether oxygens (including phenoxy) is 1. The standard InChI is InChI=1S/C24H28N2O5/c1-15(25-21(28)18-9-7-6-8-10-18)22(29)31-16(2)20(27)17-11-13-19(14-12-17)26-23(30)24(3,4)5/h6-16H,1-5H3,(H,25,28)(H,26,30)/t15-,16?/m0/s1. The summed E-state index contributed by atoms with van der Waals surface area (Å²) in [5, 5.41) is 5.33. The molecular weight excluding hydrogens is 396 g/mol. The van der Waals surface area contributed by atoms with Crippen molar-refractivity contribution in [2.75, 3.05) is 5.32 Å². The Kier molecular flexibility index (Phi) is 7.69. The van der Waals surface area contributed by atoms with Crippen LogP contribution in [-0.4, -0.2) is 35.7 Å². The maximum Gasteiger partial charge on any atom is 0.329 e. The van der Waals surface area contributed by atoms with Crippen LogP contribution in [0.5, 0.6) is 0 Å². The van der Waals surface area contributed by atoms with Crippen molar-refractivity contribution in [1.29, 1.82) is 0 Å². The summed E-state index contributed by atoms with van der Waals surface area (Å²) in [6, 6.07) is 13.9. The fourth-order valence-electron chi connectivity index (χ4n) is 2.53. The highest BCUT2D eigenvalue weighted by atomic mass is 16.5. The van der Waals surface area contributed by atoms with Crippen molar-refractivity contribution in [3.05, 3.63) is 65.7 Å². The van der Waals surface area contributed by atoms with E-state index < -0.39 is 29.4 Å². The topological polar surface area (TPSA) is 102 Å². The zero-order chi connectivity index (χ0) is 23.2. The van der Waals surface area contributed by atoms with E-state index in [2.05, 4.69) is 10.6 Å². The molecular formula is C24H28N2O5. The molecule has 7 nitrogen and oxygen atoms in total. The first-order chi connectivity index (χ1) is 14.5. The summed E-state index contributed by atoms with van der Waals surface area (Å²) >= 11 is 0. The van der Waals surface area contributed by atoms with Crippen LogP contribution in [0.4, 0.5) is 5.69 Å². The Morgan fingerprint density at radius 2 is 1.42 bits per heavy atom. The van der Waals surface area contributed by atoms with Crippen molar-refractivity contribution in [2.24, 2.45) is 5.41 Å². The molecule has 2 aromatic carbocycles. The highest BCUT2D eigenvalue weighted by molar-refractivity contribution is 6.02. The van der Waals surface area contributed by atoms with Crippen LogP contribution < -0.4 is 10.6 Å². The predicted molar refractivity (Wildman–Crippen MR) is 118 cm³/mol. The van der Waals surface area contributed by atoms with E-state index in [9.17, 15) is 19.2 Å². The van der Waals surface area contributed by atoms with E-state index in [1.165, 1.54) is 13.8 Å². The average Bonchev–Trinajstić information content (AvgIpc) is 2.73. The Balaban J connectivity index is 1.93. The molecule has 2 atom stereocenters. The van der Waals surface area contributed by atoms with Crippen molar-refractivity contribution >= 4 is 29.3 Å². The third-order valence-corrected chi connectivity index (χ3v) is 4.51. The van der Waals surface area contributed by atoms with Crippen molar-refractivity contribution < 1.29 is 23.9 Å². The first-order valence-electron chi connectivity index (χ1n) is 10.0. The zero-order valence-electron chi connectivity index (χ0n) is 18.4. The number of benzene rings is 2. The van der Waals surface area contributed by atoms with Crippen LogP contribution in [0.1, 0.15) is 55.3 Å². The highest BCUT2D eigenvalue weighted by Crippen LogP contribution is 2.18. The number of anilines is 1. The smallest absolute Gasteiger partial charge is 0.329 e. The molecule has 2 N–H and O–H groups in total. The molecule has 0 spiro atoms. The lowest BCUT2D eigenvalue weighted by Gasteiger charge is -2.18. The molecule has 1 unspecified atom stereocenters. The number of carbonyl (C=O) groups excluding carboxylic acids is 4. The fraction of sp³-hybridized carbons (Fsp3) is 0.333. The fourth-order valence-corrected chi connectivity index (χ4v) is 2.53. The Morgan fingerprint density at radius 1 is 0.839 bits per heavy atom. The van der Waals surface area contributed by atoms with Gasteiger partial charge < -0.3 is 15.4 Å². The SMILES string of the molecule is CC(OC(=O)[C@H](C)NC(=O)c1ccccc1)C(=O)c1ccc(NC(=O)C(C)(C)C)cc1. The van der Waals surface area contributed by atoms with Gasteiger partial charge in [-0.05, 0) is 50.2 Å². The van der Waals surface area contributed by atoms with E-state index in [1.807, 2.05) is 0 Å². The number of rotatable bonds is 7. The van der Waals surface area contributed by atoms with E-state index in [4.69, 9.17) is 4.74 Å². The van der Waals surface area contributed by atoms with Gasteiger partial charge in [-0.2, -0.15) is 0 Å². The molecule has 0 aliphatic heterocycles. The Bertz CT molecular complexity index is 946. The van der Waals surface area contributed by atoms with Crippen LogP contribution in [0.2, 0.25) is 0 Å². The third kappa shape index (κ3) is 6.77. The van der Waals surface area contributed by atoms with Gasteiger partial charge >= 0.3 is 5.97 Å². The summed E-state index contributed by atoms with van der Waals surface area (Å²) in [6.45, 7) is 8.38. The van der Waals surface area contributed by atoms with Crippen LogP contribution in [0, 0.1) is 5.41 Å². The maximum atomic E-state index is 12.6. The highest BCUT2D eigenvalue weighted by Gasteiger charge is 2.25. The number of hydrogen-bond donors (Lipinski definition) is 2. The van der Waals surface area contributed by atoms with E-state index in [0.717, 1.165) is 0 Å². The van der Waals surface area contributed by atoms with Crippen LogP contribution >= 0.6 is 0 Å². The summed E-state index contributed by atoms with van der Waals surface area (Å²) in [4.78, 5) is 49.1. The molecule has 0 bridgehead atoms. The van der Waals surface area contributed by atoms with Gasteiger partial charge in [0.1, 0.15) is 6.04 Å². The summed E-state index contributed by atoms with van der Waals surface area (Å²) < 4.78 is 5.23. The van der Waals surface area contributed by atoms with Gasteiger partial charge in [0.05, 0.1) is 0 Å². The third-order valence-electron chi connectivity index (χ3n) is 4.51. The average molecular weight is 424 g/mol. The van der Waals surface area contributed by atoms with Gasteiger partial charge in [0.2, 0.25) is 11.7 Å². The van der Waals surface area contributed by atoms with Gasteiger partial charge in [-0.15, -0.1) is 0 Å². The second-order valence-electron chi connectivity index (χ2n) is 8.29. The van der Waals surface area contributed by atoms with Crippen molar-refractivity contribution in [3.8, 4) is 0 Å². The molecule has 0 saturated carbocycles. The number of amides is 2. The van der Waals surface area contributed by atoms with E-state index >= 15 is 0 Å². The molecule has 0 aliphatic carbocycles. The second-order valence-corrected chi connectivity index (χ2v) is 8.29. The lowest BCUT2D eigenvalue weighted by Crippen LogP contribution is -2.41. The van der Waals surface area contributed by atoms with Crippen molar-refractivity contribution in [2.45, 2.75) is 46.8 Å². The molecule has 0 fully saturated rings. The Morgan fingerprint density at radius 3 is 1.97 bits per heavy atom. The molecule has 2 amide bonds. The lowest BCUT2D eigenvalue weighted by molar-refractivity contribution is -0.148. The molecule has 0 radical (unpaired) electrons. The second kappa shape index (κ2) is 10.0. The predicted octanol–water partition coefficient (Wildman–Crippen LogP) is 3.60. The van der Waals surface area contributed by atoms with Gasteiger partial charge in [-0.3, -0.25) is 14.4 Å². The minimum absolute atomic E-state index is 0.139. The minimum Gasteiger partial charge on any atom is -0.453 e. The van der Waals surface area contributed by atoms with E-state index in [-0.39, 0.29) is 11.7 Å². The van der Waals surface area contributed by atoms with Crippen LogP contribution in [0.3, 0.4) is 0 Å². The largest absolute Gasteiger partial charge is 0.453 e. The molecule has 31 heavy (non-hydrogen) atoms. The number of hydrogen-bond acceptors (Lipinski definition) is 5. The van der Waals surface area contributed by atoms with Gasteiger partial charge in [-0.1, -0.05) is 39.0 Å². The number of esters is 1. The van der Waals surface area contributed by atoms with Crippen LogP contribution in [0.15, 0.2) is 54.6 Å². The summed E-state index contributed by atoms with van der Waals surface area (Å²) in [6.07, 6.45) is -1.03. The Labute approximate surface area is 182 Å². The van der Waals surface area contributed by atoms with Gasteiger partial charge in [0, 0.05) is 22.2 Å². The Hall–Kier alpha value is -3.48. The van der Waals surface area contributed by atoms with E-state index in [0.29, 0.717) is 16.8 Å². The number of carbonyl (C=O) groups is 4. The van der Waals surface area contributed by atoms with Crippen molar-refractivity contribution in [1.82, 2.24) is 5.32 Å². The van der Waals surface area contributed by atoms with Crippen LogP contribution in [0.25, 0.3) is 0 Å². The maximum absolute atomic E-state index is 12.6. The van der Waals surface area contributed by atoms with Gasteiger partial charge in [0.25, 0.3) is 5.91 Å². The molecule has 164 valence electrons. The molecule has 0 heterocycles. The zero-order valence-corrected chi connectivity index (χ0v) is 18.4. The minimum atomic E-state index is -1.03. The first-order valence-corrected chi connectivity index (χ1v) is 10.0. The summed E-state index contributed by atoms with van der Waals surface area (Å²) in [5.41, 5.74) is 0.794. The molecule has 0 saturated heterocycles. The first kappa shape index (κ1) is 23.8. The monoisotopic (exact) mass is 424 g/mol. The number of ketones is 1. The summed E-state index contributed by atoms with van der Waals surface area (Å²) in [5.74, 6) is -1.64. The van der Waals surface area contributed by atoms with E-state index in [1.54, 1.807) is 75.4 Å². The molecule has 7 heteroatoms.